The number of methoxy groups -OCH3 is 1. The number of nitrogens with one attached hydrogen (secondary N) is 3. The van der Waals surface area contributed by atoms with Gasteiger partial charge in [-0.2, -0.15) is 0 Å². The third kappa shape index (κ3) is 6.70. The normalized spacial score (nSPS) is 14.3. The van der Waals surface area contributed by atoms with Gasteiger partial charge in [0.15, 0.2) is 5.96 Å². The third-order valence-corrected chi connectivity index (χ3v) is 3.84. The molecule has 0 atom stereocenters. The highest BCUT2D eigenvalue weighted by atomic mass is 19.1. The molecule has 0 heterocycles. The Morgan fingerprint density at radius 2 is 2.04 bits per heavy atom. The van der Waals surface area contributed by atoms with Gasteiger partial charge in [-0.1, -0.05) is 6.07 Å². The summed E-state index contributed by atoms with van der Waals surface area (Å²) in [6.45, 7) is 4.55. The molecule has 1 aromatic carbocycles. The number of guanidine groups is 1. The first-order valence-corrected chi connectivity index (χ1v) is 8.70. The maximum atomic E-state index is 13.6. The number of nitrogens with zero attached hydrogens (tertiary/aromatic N) is 1. The topological polar surface area (TPSA) is 74.8 Å². The molecule has 2 rings (SSSR count). The summed E-state index contributed by atoms with van der Waals surface area (Å²) in [6.07, 6.45) is 2.01. The molecule has 1 amide bonds. The molecule has 0 aliphatic heterocycles. The van der Waals surface area contributed by atoms with E-state index in [1.54, 1.807) is 19.2 Å². The highest BCUT2D eigenvalue weighted by Gasteiger charge is 2.28. The average molecular weight is 350 g/mol. The van der Waals surface area contributed by atoms with Crippen LogP contribution in [-0.4, -0.2) is 38.6 Å². The zero-order chi connectivity index (χ0) is 18.1. The lowest BCUT2D eigenvalue weighted by Gasteiger charge is -2.12. The van der Waals surface area contributed by atoms with Gasteiger partial charge < -0.3 is 20.7 Å². The number of halogens is 1. The molecule has 25 heavy (non-hydrogen) atoms. The van der Waals surface area contributed by atoms with Crippen molar-refractivity contribution in [1.82, 2.24) is 16.0 Å². The summed E-state index contributed by atoms with van der Waals surface area (Å²) < 4.78 is 18.6. The van der Waals surface area contributed by atoms with E-state index in [9.17, 15) is 9.18 Å². The number of ether oxygens (including phenoxy) is 1. The Morgan fingerprint density at radius 1 is 1.28 bits per heavy atom. The fourth-order valence-corrected chi connectivity index (χ4v) is 2.36. The van der Waals surface area contributed by atoms with Crippen molar-refractivity contribution in [2.24, 2.45) is 10.9 Å². The molecule has 1 aromatic rings. The Kier molecular flexibility index (Phi) is 7.66. The van der Waals surface area contributed by atoms with Crippen LogP contribution in [0.1, 0.15) is 30.9 Å². The van der Waals surface area contributed by atoms with Gasteiger partial charge in [0.2, 0.25) is 5.91 Å². The Hall–Kier alpha value is -2.15. The number of rotatable bonds is 9. The van der Waals surface area contributed by atoms with Gasteiger partial charge in [-0.05, 0) is 37.5 Å². The zero-order valence-electron chi connectivity index (χ0n) is 14.9. The highest BCUT2D eigenvalue weighted by molar-refractivity contribution is 5.81. The third-order valence-electron chi connectivity index (χ3n) is 3.84. The minimum Gasteiger partial charge on any atom is -0.380 e. The van der Waals surface area contributed by atoms with Crippen molar-refractivity contribution >= 4 is 11.9 Å². The van der Waals surface area contributed by atoms with Gasteiger partial charge in [-0.3, -0.25) is 4.79 Å². The molecule has 0 radical (unpaired) electrons. The van der Waals surface area contributed by atoms with E-state index in [0.29, 0.717) is 31.2 Å². The molecule has 1 aliphatic carbocycles. The van der Waals surface area contributed by atoms with Crippen LogP contribution < -0.4 is 16.0 Å². The Balaban J connectivity index is 1.83. The fourth-order valence-electron chi connectivity index (χ4n) is 2.36. The van der Waals surface area contributed by atoms with Crippen LogP contribution in [-0.2, 0) is 22.7 Å². The summed E-state index contributed by atoms with van der Waals surface area (Å²) in [5.41, 5.74) is 1.43. The molecule has 138 valence electrons. The van der Waals surface area contributed by atoms with Crippen LogP contribution in [0.15, 0.2) is 23.2 Å². The standard InChI is InChI=1S/C18H27FN4O2/c1-3-20-18(22-9-8-21-17(24)14-5-6-14)23-11-13-4-7-16(19)15(10-13)12-25-2/h4,7,10,14H,3,5-6,8-9,11-12H2,1-2H3,(H,21,24)(H2,20,22,23). The van der Waals surface area contributed by atoms with Gasteiger partial charge in [0.1, 0.15) is 5.82 Å². The van der Waals surface area contributed by atoms with Crippen molar-refractivity contribution in [2.75, 3.05) is 26.7 Å². The predicted molar refractivity (Wildman–Crippen MR) is 95.7 cm³/mol. The number of aliphatic imine (C=N–C) groups is 1. The minimum atomic E-state index is -0.272. The second-order valence-electron chi connectivity index (χ2n) is 6.05. The average Bonchev–Trinajstić information content (AvgIpc) is 3.44. The Bertz CT molecular complexity index is 603. The van der Waals surface area contributed by atoms with Crippen molar-refractivity contribution in [2.45, 2.75) is 32.9 Å². The van der Waals surface area contributed by atoms with Crippen LogP contribution in [0.4, 0.5) is 4.39 Å². The van der Waals surface area contributed by atoms with E-state index in [1.807, 2.05) is 6.92 Å². The summed E-state index contributed by atoms with van der Waals surface area (Å²) in [7, 11) is 1.54. The lowest BCUT2D eigenvalue weighted by Crippen LogP contribution is -2.41. The molecule has 3 N–H and O–H groups in total. The van der Waals surface area contributed by atoms with Crippen LogP contribution >= 0.6 is 0 Å². The Labute approximate surface area is 148 Å². The molecule has 0 bridgehead atoms. The minimum absolute atomic E-state index is 0.140. The molecule has 1 saturated carbocycles. The molecular formula is C18H27FN4O2. The first-order valence-electron chi connectivity index (χ1n) is 8.70. The van der Waals surface area contributed by atoms with Gasteiger partial charge in [0, 0.05) is 38.2 Å². The summed E-state index contributed by atoms with van der Waals surface area (Å²) in [5.74, 6) is 0.759. The summed E-state index contributed by atoms with van der Waals surface area (Å²) in [5, 5.41) is 9.24. The number of carbonyl (C=O) groups excluding carboxylic acids is 1. The van der Waals surface area contributed by atoms with E-state index < -0.39 is 0 Å². The molecular weight excluding hydrogens is 323 g/mol. The van der Waals surface area contributed by atoms with E-state index in [0.717, 1.165) is 24.9 Å². The summed E-state index contributed by atoms with van der Waals surface area (Å²) in [6, 6.07) is 4.92. The Morgan fingerprint density at radius 3 is 2.72 bits per heavy atom. The number of benzene rings is 1. The molecule has 0 aromatic heterocycles. The van der Waals surface area contributed by atoms with Gasteiger partial charge in [0.25, 0.3) is 0 Å². The van der Waals surface area contributed by atoms with Gasteiger partial charge in [-0.15, -0.1) is 0 Å². The smallest absolute Gasteiger partial charge is 0.223 e. The van der Waals surface area contributed by atoms with Crippen molar-refractivity contribution in [3.63, 3.8) is 0 Å². The lowest BCUT2D eigenvalue weighted by atomic mass is 10.1. The number of amides is 1. The van der Waals surface area contributed by atoms with E-state index in [4.69, 9.17) is 4.74 Å². The fraction of sp³-hybridized carbons (Fsp3) is 0.556. The van der Waals surface area contributed by atoms with E-state index in [2.05, 4.69) is 20.9 Å². The molecule has 6 nitrogen and oxygen atoms in total. The van der Waals surface area contributed by atoms with Crippen LogP contribution in [0.5, 0.6) is 0 Å². The second kappa shape index (κ2) is 9.98. The van der Waals surface area contributed by atoms with Crippen molar-refractivity contribution in [3.8, 4) is 0 Å². The maximum Gasteiger partial charge on any atom is 0.223 e. The van der Waals surface area contributed by atoms with E-state index in [-0.39, 0.29) is 24.2 Å². The van der Waals surface area contributed by atoms with Crippen molar-refractivity contribution in [3.05, 3.63) is 35.1 Å². The van der Waals surface area contributed by atoms with Gasteiger partial charge >= 0.3 is 0 Å². The van der Waals surface area contributed by atoms with Crippen LogP contribution in [0, 0.1) is 11.7 Å². The SMILES string of the molecule is CCNC(=NCc1ccc(F)c(COC)c1)NCCNC(=O)C1CC1. The monoisotopic (exact) mass is 350 g/mol. The van der Waals surface area contributed by atoms with Gasteiger partial charge in [0.05, 0.1) is 13.2 Å². The number of carbonyl (C=O) groups is 1. The molecule has 1 fully saturated rings. The van der Waals surface area contributed by atoms with Crippen LogP contribution in [0.25, 0.3) is 0 Å². The largest absolute Gasteiger partial charge is 0.380 e. The molecule has 0 spiro atoms. The lowest BCUT2D eigenvalue weighted by molar-refractivity contribution is -0.122. The zero-order valence-corrected chi connectivity index (χ0v) is 14.9. The molecule has 7 heteroatoms. The van der Waals surface area contributed by atoms with Crippen LogP contribution in [0.2, 0.25) is 0 Å². The molecule has 0 saturated heterocycles. The maximum absolute atomic E-state index is 13.6. The quantitative estimate of drug-likeness (QED) is 0.359. The predicted octanol–water partition coefficient (Wildman–Crippen LogP) is 1.55. The molecule has 1 aliphatic rings. The van der Waals surface area contributed by atoms with Gasteiger partial charge in [-0.25, -0.2) is 9.38 Å². The van der Waals surface area contributed by atoms with E-state index in [1.165, 1.54) is 6.07 Å². The van der Waals surface area contributed by atoms with E-state index >= 15 is 0 Å². The first kappa shape index (κ1) is 19.2. The van der Waals surface area contributed by atoms with Crippen molar-refractivity contribution in [1.29, 1.82) is 0 Å². The number of hydrogen-bond donors (Lipinski definition) is 3. The van der Waals surface area contributed by atoms with Crippen molar-refractivity contribution < 1.29 is 13.9 Å². The van der Waals surface area contributed by atoms with Crippen LogP contribution in [0.3, 0.4) is 0 Å². The highest BCUT2D eigenvalue weighted by Crippen LogP contribution is 2.28. The summed E-state index contributed by atoms with van der Waals surface area (Å²) in [4.78, 5) is 16.1. The first-order chi connectivity index (χ1) is 12.1. The second-order valence-corrected chi connectivity index (χ2v) is 6.05. The summed E-state index contributed by atoms with van der Waals surface area (Å²) >= 11 is 0. The number of hydrogen-bond acceptors (Lipinski definition) is 3. The molecule has 0 unspecified atom stereocenters.